The van der Waals surface area contributed by atoms with E-state index < -0.39 is 27.4 Å². The number of thiazole rings is 1. The van der Waals surface area contributed by atoms with E-state index in [0.29, 0.717) is 26.2 Å². The van der Waals surface area contributed by atoms with Crippen molar-refractivity contribution in [2.24, 2.45) is 0 Å². The van der Waals surface area contributed by atoms with Crippen molar-refractivity contribution in [2.75, 3.05) is 50.5 Å². The molecule has 1 aliphatic rings. The van der Waals surface area contributed by atoms with Crippen LogP contribution in [0.3, 0.4) is 0 Å². The maximum absolute atomic E-state index is 14.3. The van der Waals surface area contributed by atoms with E-state index >= 15 is 0 Å². The van der Waals surface area contributed by atoms with Crippen molar-refractivity contribution < 1.29 is 26.7 Å². The zero-order valence-electron chi connectivity index (χ0n) is 18.0. The molecule has 0 atom stereocenters. The molecule has 0 spiro atoms. The first-order valence-electron chi connectivity index (χ1n) is 10.4. The molecule has 3 aromatic rings. The zero-order valence-corrected chi connectivity index (χ0v) is 19.6. The van der Waals surface area contributed by atoms with E-state index in [1.807, 2.05) is 0 Å². The minimum absolute atomic E-state index is 0.0114. The fraction of sp³-hybridized carbons (Fsp3) is 0.364. The Hall–Kier alpha value is -2.47. The summed E-state index contributed by atoms with van der Waals surface area (Å²) in [6, 6.07) is 7.87. The average molecular weight is 496 g/mol. The van der Waals surface area contributed by atoms with Gasteiger partial charge in [0.1, 0.15) is 11.3 Å². The van der Waals surface area contributed by atoms with Crippen molar-refractivity contribution in [3.63, 3.8) is 0 Å². The molecule has 11 heteroatoms. The number of sulfone groups is 1. The molecule has 33 heavy (non-hydrogen) atoms. The van der Waals surface area contributed by atoms with Gasteiger partial charge in [0.2, 0.25) is 0 Å². The van der Waals surface area contributed by atoms with Gasteiger partial charge < -0.3 is 4.74 Å². The highest BCUT2D eigenvalue weighted by atomic mass is 32.2. The Balaban J connectivity index is 1.68. The number of carbonyl (C=O) groups is 1. The molecule has 4 rings (SSSR count). The lowest BCUT2D eigenvalue weighted by Gasteiger charge is -2.28. The number of amides is 1. The number of fused-ring (bicyclic) bond motifs is 1. The predicted molar refractivity (Wildman–Crippen MR) is 123 cm³/mol. The molecule has 0 aliphatic carbocycles. The van der Waals surface area contributed by atoms with Gasteiger partial charge in [-0.2, -0.15) is 0 Å². The van der Waals surface area contributed by atoms with Crippen LogP contribution in [-0.4, -0.2) is 69.9 Å². The minimum Gasteiger partial charge on any atom is -0.379 e. The molecule has 2 heterocycles. The normalized spacial score (nSPS) is 15.1. The summed E-state index contributed by atoms with van der Waals surface area (Å²) in [5.41, 5.74) is -0.0175. The smallest absolute Gasteiger partial charge is 0.261 e. The number of aromatic nitrogens is 1. The van der Waals surface area contributed by atoms with Gasteiger partial charge in [-0.3, -0.25) is 14.6 Å². The maximum atomic E-state index is 14.3. The molecule has 0 N–H and O–H groups in total. The Bertz CT molecular complexity index is 1270. The van der Waals surface area contributed by atoms with Gasteiger partial charge in [0.25, 0.3) is 5.91 Å². The number of morpholine rings is 1. The maximum Gasteiger partial charge on any atom is 0.261 e. The Kier molecular flexibility index (Phi) is 7.03. The van der Waals surface area contributed by atoms with Crippen molar-refractivity contribution in [3.05, 3.63) is 53.6 Å². The highest BCUT2D eigenvalue weighted by Gasteiger charge is 2.27. The van der Waals surface area contributed by atoms with Gasteiger partial charge in [-0.15, -0.1) is 0 Å². The Morgan fingerprint density at radius 1 is 1.21 bits per heavy atom. The van der Waals surface area contributed by atoms with Crippen LogP contribution in [0.4, 0.5) is 13.9 Å². The summed E-state index contributed by atoms with van der Waals surface area (Å²) in [6.45, 7) is 3.81. The number of anilines is 1. The van der Waals surface area contributed by atoms with E-state index in [-0.39, 0.29) is 32.4 Å². The third-order valence-electron chi connectivity index (χ3n) is 5.35. The number of halogens is 2. The van der Waals surface area contributed by atoms with Gasteiger partial charge in [-0.25, -0.2) is 22.2 Å². The van der Waals surface area contributed by atoms with Gasteiger partial charge >= 0.3 is 0 Å². The number of carbonyl (C=O) groups excluding carboxylic acids is 1. The Labute approximate surface area is 194 Å². The molecule has 0 unspecified atom stereocenters. The van der Waals surface area contributed by atoms with Gasteiger partial charge in [0, 0.05) is 38.5 Å². The summed E-state index contributed by atoms with van der Waals surface area (Å²) >= 11 is 0.987. The fourth-order valence-corrected chi connectivity index (χ4v) is 5.64. The zero-order chi connectivity index (χ0) is 23.6. The number of ether oxygens (including phenoxy) is 1. The number of benzene rings is 2. The highest BCUT2D eigenvalue weighted by molar-refractivity contribution is 7.90. The average Bonchev–Trinajstić information content (AvgIpc) is 3.20. The molecule has 1 saturated heterocycles. The van der Waals surface area contributed by atoms with Crippen molar-refractivity contribution >= 4 is 42.4 Å². The van der Waals surface area contributed by atoms with Crippen LogP contribution in [0.15, 0.2) is 41.3 Å². The summed E-state index contributed by atoms with van der Waals surface area (Å²) in [5.74, 6) is -2.11. The van der Waals surface area contributed by atoms with Crippen molar-refractivity contribution in [1.82, 2.24) is 9.88 Å². The SMILES string of the molecule is CS(=O)(=O)c1ccccc1C(=O)N(CCCN1CCOCC1)c1nc2c(F)cc(F)cc2s1. The standard InChI is InChI=1S/C22H23F2N3O4S2/c1-33(29,30)19-6-3-2-5-16(19)21(28)27(8-4-7-26-9-11-31-12-10-26)22-25-20-17(24)13-15(23)14-18(20)32-22/h2-3,5-6,13-14H,4,7-12H2,1H3. The minimum atomic E-state index is -3.67. The number of rotatable bonds is 7. The van der Waals surface area contributed by atoms with E-state index in [0.717, 1.165) is 36.7 Å². The first-order valence-corrected chi connectivity index (χ1v) is 13.1. The number of hydrogen-bond donors (Lipinski definition) is 0. The van der Waals surface area contributed by atoms with Crippen molar-refractivity contribution in [3.8, 4) is 0 Å². The highest BCUT2D eigenvalue weighted by Crippen LogP contribution is 2.32. The summed E-state index contributed by atoms with van der Waals surface area (Å²) in [4.78, 5) is 21.3. The summed E-state index contributed by atoms with van der Waals surface area (Å²) in [7, 11) is -3.67. The molecule has 1 aliphatic heterocycles. The lowest BCUT2D eigenvalue weighted by atomic mass is 10.2. The largest absolute Gasteiger partial charge is 0.379 e. The van der Waals surface area contributed by atoms with E-state index in [9.17, 15) is 22.0 Å². The van der Waals surface area contributed by atoms with Crippen LogP contribution < -0.4 is 4.90 Å². The lowest BCUT2D eigenvalue weighted by Crippen LogP contribution is -2.39. The monoisotopic (exact) mass is 495 g/mol. The summed E-state index contributed by atoms with van der Waals surface area (Å²) in [6.07, 6.45) is 1.62. The molecule has 2 aromatic carbocycles. The quantitative estimate of drug-likeness (QED) is 0.500. The third-order valence-corrected chi connectivity index (χ3v) is 7.53. The molecule has 0 saturated carbocycles. The number of nitrogens with zero attached hydrogens (tertiary/aromatic N) is 3. The predicted octanol–water partition coefficient (Wildman–Crippen LogP) is 3.35. The molecule has 0 radical (unpaired) electrons. The molecular formula is C22H23F2N3O4S2. The van der Waals surface area contributed by atoms with E-state index in [1.165, 1.54) is 23.1 Å². The third kappa shape index (κ3) is 5.37. The Morgan fingerprint density at radius 3 is 2.67 bits per heavy atom. The second kappa shape index (κ2) is 9.80. The first kappa shape index (κ1) is 23.7. The van der Waals surface area contributed by atoms with Crippen LogP contribution in [0.2, 0.25) is 0 Å². The van der Waals surface area contributed by atoms with Crippen LogP contribution in [0, 0.1) is 11.6 Å². The topological polar surface area (TPSA) is 79.8 Å². The second-order valence-corrected chi connectivity index (χ2v) is 10.8. The van der Waals surface area contributed by atoms with Crippen molar-refractivity contribution in [1.29, 1.82) is 0 Å². The number of hydrogen-bond acceptors (Lipinski definition) is 7. The van der Waals surface area contributed by atoms with Crippen molar-refractivity contribution in [2.45, 2.75) is 11.3 Å². The summed E-state index contributed by atoms with van der Waals surface area (Å²) < 4.78 is 58.1. The van der Waals surface area contributed by atoms with Gasteiger partial charge in [0.15, 0.2) is 20.8 Å². The van der Waals surface area contributed by atoms with Gasteiger partial charge in [0.05, 0.1) is 28.4 Å². The summed E-state index contributed by atoms with van der Waals surface area (Å²) in [5, 5.41) is 0.185. The first-order chi connectivity index (χ1) is 15.7. The molecule has 7 nitrogen and oxygen atoms in total. The van der Waals surface area contributed by atoms with Crippen LogP contribution in [-0.2, 0) is 14.6 Å². The molecule has 1 amide bonds. The van der Waals surface area contributed by atoms with E-state index in [1.54, 1.807) is 12.1 Å². The molecule has 1 aromatic heterocycles. The molecule has 0 bridgehead atoms. The van der Waals surface area contributed by atoms with Gasteiger partial charge in [-0.1, -0.05) is 23.5 Å². The van der Waals surface area contributed by atoms with E-state index in [4.69, 9.17) is 4.74 Å². The molecule has 1 fully saturated rings. The molecule has 176 valence electrons. The van der Waals surface area contributed by atoms with Gasteiger partial charge in [-0.05, 0) is 24.6 Å². The Morgan fingerprint density at radius 2 is 1.94 bits per heavy atom. The lowest BCUT2D eigenvalue weighted by molar-refractivity contribution is 0.0376. The van der Waals surface area contributed by atoms with Crippen LogP contribution in [0.1, 0.15) is 16.8 Å². The van der Waals surface area contributed by atoms with Crippen LogP contribution in [0.5, 0.6) is 0 Å². The van der Waals surface area contributed by atoms with Crippen LogP contribution >= 0.6 is 11.3 Å². The molecular weight excluding hydrogens is 472 g/mol. The fourth-order valence-electron chi connectivity index (χ4n) is 3.73. The second-order valence-electron chi connectivity index (χ2n) is 7.76. The van der Waals surface area contributed by atoms with Crippen LogP contribution in [0.25, 0.3) is 10.2 Å². The van der Waals surface area contributed by atoms with E-state index in [2.05, 4.69) is 9.88 Å².